The highest BCUT2D eigenvalue weighted by Gasteiger charge is 2.12. The predicted octanol–water partition coefficient (Wildman–Crippen LogP) is 4.86. The number of benzene rings is 3. The molecule has 3 rings (SSSR count). The van der Waals surface area contributed by atoms with Gasteiger partial charge < -0.3 is 16.0 Å². The third kappa shape index (κ3) is 4.88. The Morgan fingerprint density at radius 1 is 0.667 bits per heavy atom. The van der Waals surface area contributed by atoms with Gasteiger partial charge in [0.15, 0.2) is 0 Å². The summed E-state index contributed by atoms with van der Waals surface area (Å²) >= 11 is 0. The molecule has 0 saturated carbocycles. The fourth-order valence-electron chi connectivity index (χ4n) is 2.32. The van der Waals surface area contributed by atoms with Crippen LogP contribution in [0.15, 0.2) is 72.8 Å². The van der Waals surface area contributed by atoms with Gasteiger partial charge in [0.05, 0.1) is 5.56 Å². The van der Waals surface area contributed by atoms with Gasteiger partial charge >= 0.3 is 6.03 Å². The lowest BCUT2D eigenvalue weighted by Gasteiger charge is -2.09. The molecule has 3 amide bonds. The summed E-state index contributed by atoms with van der Waals surface area (Å²) in [5.41, 5.74) is 1.30. The van der Waals surface area contributed by atoms with Gasteiger partial charge in [-0.1, -0.05) is 18.2 Å². The lowest BCUT2D eigenvalue weighted by Crippen LogP contribution is -2.19. The molecule has 3 aromatic rings. The van der Waals surface area contributed by atoms with Crippen molar-refractivity contribution in [3.63, 3.8) is 0 Å². The number of carbonyl (C=O) groups excluding carboxylic acids is 2. The monoisotopic (exact) mass is 367 g/mol. The number of urea groups is 1. The number of hydrogen-bond donors (Lipinski definition) is 3. The molecule has 0 bridgehead atoms. The van der Waals surface area contributed by atoms with Crippen molar-refractivity contribution in [2.75, 3.05) is 16.0 Å². The molecule has 0 aliphatic heterocycles. The van der Waals surface area contributed by atoms with Crippen LogP contribution in [-0.2, 0) is 0 Å². The second-order valence-corrected chi connectivity index (χ2v) is 5.60. The van der Waals surface area contributed by atoms with Crippen molar-refractivity contribution >= 4 is 29.0 Å². The van der Waals surface area contributed by atoms with Crippen LogP contribution in [0.4, 0.5) is 30.6 Å². The molecule has 0 unspecified atom stereocenters. The molecule has 0 saturated heterocycles. The fraction of sp³-hybridized carbons (Fsp3) is 0. The highest BCUT2D eigenvalue weighted by Crippen LogP contribution is 2.17. The molecule has 0 spiro atoms. The van der Waals surface area contributed by atoms with Crippen molar-refractivity contribution < 1.29 is 18.4 Å². The third-order valence-corrected chi connectivity index (χ3v) is 3.61. The number of nitrogens with one attached hydrogen (secondary N) is 3. The average molecular weight is 367 g/mol. The zero-order valence-electron chi connectivity index (χ0n) is 14.0. The van der Waals surface area contributed by atoms with Crippen LogP contribution in [0.5, 0.6) is 0 Å². The third-order valence-electron chi connectivity index (χ3n) is 3.61. The molecular formula is C20H15F2N3O2. The van der Waals surface area contributed by atoms with Crippen LogP contribution in [-0.4, -0.2) is 11.9 Å². The van der Waals surface area contributed by atoms with E-state index < -0.39 is 23.6 Å². The molecule has 0 aromatic heterocycles. The summed E-state index contributed by atoms with van der Waals surface area (Å²) in [7, 11) is 0. The van der Waals surface area contributed by atoms with E-state index >= 15 is 0 Å². The van der Waals surface area contributed by atoms with Gasteiger partial charge in [0.2, 0.25) is 0 Å². The highest BCUT2D eigenvalue weighted by atomic mass is 19.1. The van der Waals surface area contributed by atoms with Crippen LogP contribution < -0.4 is 16.0 Å². The van der Waals surface area contributed by atoms with E-state index in [2.05, 4.69) is 16.0 Å². The van der Waals surface area contributed by atoms with Crippen LogP contribution in [0.25, 0.3) is 0 Å². The van der Waals surface area contributed by atoms with Gasteiger partial charge in [-0.05, 0) is 48.5 Å². The van der Waals surface area contributed by atoms with E-state index in [9.17, 15) is 18.4 Å². The molecule has 0 fully saturated rings. The Morgan fingerprint density at radius 2 is 1.22 bits per heavy atom. The maximum Gasteiger partial charge on any atom is 0.323 e. The van der Waals surface area contributed by atoms with E-state index in [4.69, 9.17) is 0 Å². The molecule has 3 N–H and O–H groups in total. The first kappa shape index (κ1) is 18.1. The SMILES string of the molecule is O=C(Nc1ccccc1)Nc1ccc(NC(=O)c2ccc(F)cc2F)cc1. The smallest absolute Gasteiger partial charge is 0.322 e. The minimum atomic E-state index is -0.941. The van der Waals surface area contributed by atoms with Gasteiger partial charge in [-0.25, -0.2) is 13.6 Å². The molecule has 0 atom stereocenters. The largest absolute Gasteiger partial charge is 0.323 e. The van der Waals surface area contributed by atoms with Crippen molar-refractivity contribution in [2.24, 2.45) is 0 Å². The lowest BCUT2D eigenvalue weighted by molar-refractivity contribution is 0.102. The average Bonchev–Trinajstić information content (AvgIpc) is 2.64. The van der Waals surface area contributed by atoms with E-state index in [1.165, 1.54) is 0 Å². The van der Waals surface area contributed by atoms with E-state index in [-0.39, 0.29) is 5.56 Å². The standard InChI is InChI=1S/C20H15F2N3O2/c21-13-6-11-17(18(22)12-13)19(26)23-15-7-9-16(10-8-15)25-20(27)24-14-4-2-1-3-5-14/h1-12H,(H,23,26)(H2,24,25,27). The maximum absolute atomic E-state index is 13.6. The zero-order chi connectivity index (χ0) is 19.2. The molecule has 136 valence electrons. The molecule has 0 radical (unpaired) electrons. The van der Waals surface area contributed by atoms with Crippen molar-refractivity contribution in [2.45, 2.75) is 0 Å². The van der Waals surface area contributed by atoms with Gasteiger partial charge in [-0.15, -0.1) is 0 Å². The number of para-hydroxylation sites is 1. The molecule has 0 aliphatic rings. The lowest BCUT2D eigenvalue weighted by atomic mass is 10.2. The van der Waals surface area contributed by atoms with Crippen molar-refractivity contribution in [3.8, 4) is 0 Å². The number of hydrogen-bond acceptors (Lipinski definition) is 2. The van der Waals surface area contributed by atoms with E-state index in [0.29, 0.717) is 23.1 Å². The first-order valence-corrected chi connectivity index (χ1v) is 8.01. The minimum Gasteiger partial charge on any atom is -0.322 e. The van der Waals surface area contributed by atoms with E-state index in [0.717, 1.165) is 12.1 Å². The molecule has 5 nitrogen and oxygen atoms in total. The van der Waals surface area contributed by atoms with Crippen molar-refractivity contribution in [1.82, 2.24) is 0 Å². The van der Waals surface area contributed by atoms with Crippen LogP contribution in [0.1, 0.15) is 10.4 Å². The van der Waals surface area contributed by atoms with Gasteiger partial charge in [-0.2, -0.15) is 0 Å². The Balaban J connectivity index is 1.60. The normalized spacial score (nSPS) is 10.1. The molecule has 0 heterocycles. The summed E-state index contributed by atoms with van der Waals surface area (Å²) in [5.74, 6) is -2.40. The first-order chi connectivity index (χ1) is 13.0. The topological polar surface area (TPSA) is 70.2 Å². The second-order valence-electron chi connectivity index (χ2n) is 5.60. The molecule has 3 aromatic carbocycles. The summed E-state index contributed by atoms with van der Waals surface area (Å²) in [6, 6.07) is 17.6. The number of carbonyl (C=O) groups is 2. The van der Waals surface area contributed by atoms with E-state index in [1.807, 2.05) is 6.07 Å². The quantitative estimate of drug-likeness (QED) is 0.616. The first-order valence-electron chi connectivity index (χ1n) is 8.01. The van der Waals surface area contributed by atoms with Crippen LogP contribution in [0.2, 0.25) is 0 Å². The van der Waals surface area contributed by atoms with Crippen LogP contribution in [0.3, 0.4) is 0 Å². The molecule has 0 aliphatic carbocycles. The Hall–Kier alpha value is -3.74. The number of rotatable bonds is 4. The number of anilines is 3. The minimum absolute atomic E-state index is 0.263. The Bertz CT molecular complexity index is 961. The van der Waals surface area contributed by atoms with Crippen LogP contribution in [0, 0.1) is 11.6 Å². The summed E-state index contributed by atoms with van der Waals surface area (Å²) in [4.78, 5) is 24.0. The highest BCUT2D eigenvalue weighted by molar-refractivity contribution is 6.04. The van der Waals surface area contributed by atoms with Gasteiger partial charge in [0, 0.05) is 23.1 Å². The van der Waals surface area contributed by atoms with E-state index in [1.54, 1.807) is 48.5 Å². The Labute approximate surface area is 154 Å². The summed E-state index contributed by atoms with van der Waals surface area (Å²) in [5, 5.41) is 7.84. The second kappa shape index (κ2) is 8.09. The van der Waals surface area contributed by atoms with Gasteiger partial charge in [0.1, 0.15) is 11.6 Å². The molecule has 27 heavy (non-hydrogen) atoms. The Kier molecular flexibility index (Phi) is 5.41. The van der Waals surface area contributed by atoms with Gasteiger partial charge in [-0.3, -0.25) is 4.79 Å². The number of amides is 3. The van der Waals surface area contributed by atoms with Crippen LogP contribution >= 0.6 is 0 Å². The molecular weight excluding hydrogens is 352 g/mol. The zero-order valence-corrected chi connectivity index (χ0v) is 14.0. The number of halogens is 2. The van der Waals surface area contributed by atoms with Crippen molar-refractivity contribution in [1.29, 1.82) is 0 Å². The predicted molar refractivity (Wildman–Crippen MR) is 99.8 cm³/mol. The molecule has 7 heteroatoms. The summed E-state index contributed by atoms with van der Waals surface area (Å²) in [6.07, 6.45) is 0. The Morgan fingerprint density at radius 3 is 1.81 bits per heavy atom. The summed E-state index contributed by atoms with van der Waals surface area (Å²) < 4.78 is 26.5. The van der Waals surface area contributed by atoms with Gasteiger partial charge in [0.25, 0.3) is 5.91 Å². The fourth-order valence-corrected chi connectivity index (χ4v) is 2.32. The van der Waals surface area contributed by atoms with Crippen molar-refractivity contribution in [3.05, 3.63) is 90.0 Å². The maximum atomic E-state index is 13.6. The summed E-state index contributed by atoms with van der Waals surface area (Å²) in [6.45, 7) is 0.